The molecule has 1 saturated heterocycles. The molecule has 6 nitrogen and oxygen atoms in total. The fourth-order valence-corrected chi connectivity index (χ4v) is 3.54. The molecule has 0 aliphatic carbocycles. The highest BCUT2D eigenvalue weighted by atomic mass is 16.5. The number of rotatable bonds is 7. The number of aliphatic imine (C=N–C) groups is 1. The maximum Gasteiger partial charge on any atom is 0.191 e. The van der Waals surface area contributed by atoms with Crippen LogP contribution in [0.2, 0.25) is 0 Å². The summed E-state index contributed by atoms with van der Waals surface area (Å²) in [6.07, 6.45) is 3.84. The van der Waals surface area contributed by atoms with Gasteiger partial charge in [0.05, 0.1) is 12.6 Å². The van der Waals surface area contributed by atoms with E-state index >= 15 is 0 Å². The molecule has 2 aliphatic rings. The Labute approximate surface area is 156 Å². The molecule has 144 valence electrons. The van der Waals surface area contributed by atoms with Gasteiger partial charge in [-0.15, -0.1) is 0 Å². The van der Waals surface area contributed by atoms with E-state index in [4.69, 9.17) is 9.73 Å². The average molecular weight is 361 g/mol. The summed E-state index contributed by atoms with van der Waals surface area (Å²) in [6, 6.07) is 8.23. The Morgan fingerprint density at radius 3 is 2.85 bits per heavy atom. The van der Waals surface area contributed by atoms with E-state index in [-0.39, 0.29) is 12.2 Å². The Balaban J connectivity index is 1.37. The molecule has 3 rings (SSSR count). The van der Waals surface area contributed by atoms with Gasteiger partial charge < -0.3 is 25.4 Å². The molecule has 3 N–H and O–H groups in total. The number of aliphatic hydroxyl groups is 1. The maximum atomic E-state index is 9.56. The second-order valence-electron chi connectivity index (χ2n) is 7.12. The average Bonchev–Trinajstić information content (AvgIpc) is 3.07. The molecule has 0 radical (unpaired) electrons. The molecule has 0 bridgehead atoms. The minimum absolute atomic E-state index is 0.0965. The van der Waals surface area contributed by atoms with Crippen LogP contribution in [-0.4, -0.2) is 67.4 Å². The lowest BCUT2D eigenvalue weighted by molar-refractivity contribution is 0.0823. The van der Waals surface area contributed by atoms with Crippen molar-refractivity contribution in [3.05, 3.63) is 29.8 Å². The Morgan fingerprint density at radius 2 is 2.08 bits per heavy atom. The van der Waals surface area contributed by atoms with Gasteiger partial charge >= 0.3 is 0 Å². The van der Waals surface area contributed by atoms with E-state index < -0.39 is 0 Å². The van der Waals surface area contributed by atoms with Gasteiger partial charge in [0.1, 0.15) is 11.9 Å². The highest BCUT2D eigenvalue weighted by Gasteiger charge is 2.22. The van der Waals surface area contributed by atoms with Crippen molar-refractivity contribution in [1.29, 1.82) is 0 Å². The Morgan fingerprint density at radius 1 is 1.27 bits per heavy atom. The van der Waals surface area contributed by atoms with Crippen LogP contribution < -0.4 is 15.4 Å². The van der Waals surface area contributed by atoms with Crippen LogP contribution in [0.1, 0.15) is 31.7 Å². The normalized spacial score (nSPS) is 21.3. The van der Waals surface area contributed by atoms with Crippen molar-refractivity contribution in [1.82, 2.24) is 15.5 Å². The first kappa shape index (κ1) is 19.0. The van der Waals surface area contributed by atoms with Gasteiger partial charge in [-0.1, -0.05) is 18.2 Å². The number of benzene rings is 1. The van der Waals surface area contributed by atoms with Crippen LogP contribution in [0.15, 0.2) is 29.3 Å². The van der Waals surface area contributed by atoms with E-state index in [9.17, 15) is 5.11 Å². The third kappa shape index (κ3) is 5.61. The van der Waals surface area contributed by atoms with Crippen molar-refractivity contribution in [2.45, 2.75) is 44.8 Å². The summed E-state index contributed by atoms with van der Waals surface area (Å²) in [4.78, 5) is 7.13. The fourth-order valence-electron chi connectivity index (χ4n) is 3.54. The number of likely N-dealkylation sites (tertiary alicyclic amines) is 1. The van der Waals surface area contributed by atoms with Crippen molar-refractivity contribution >= 4 is 5.96 Å². The number of nitrogens with zero attached hydrogens (tertiary/aromatic N) is 2. The molecule has 0 saturated carbocycles. The third-order valence-electron chi connectivity index (χ3n) is 5.01. The van der Waals surface area contributed by atoms with Crippen molar-refractivity contribution in [2.75, 3.05) is 39.3 Å². The molecule has 1 atom stereocenters. The summed E-state index contributed by atoms with van der Waals surface area (Å²) in [5, 5.41) is 16.3. The van der Waals surface area contributed by atoms with Crippen molar-refractivity contribution < 1.29 is 9.84 Å². The predicted molar refractivity (Wildman–Crippen MR) is 105 cm³/mol. The molecule has 0 aromatic heterocycles. The summed E-state index contributed by atoms with van der Waals surface area (Å²) < 4.78 is 5.96. The van der Waals surface area contributed by atoms with E-state index in [1.54, 1.807) is 0 Å². The van der Waals surface area contributed by atoms with Crippen LogP contribution in [0.5, 0.6) is 5.75 Å². The summed E-state index contributed by atoms with van der Waals surface area (Å²) >= 11 is 0. The zero-order valence-electron chi connectivity index (χ0n) is 15.8. The number of ether oxygens (including phenoxy) is 1. The number of para-hydroxylation sites is 1. The van der Waals surface area contributed by atoms with Crippen LogP contribution in [0.3, 0.4) is 0 Å². The molecule has 0 amide bonds. The van der Waals surface area contributed by atoms with E-state index in [0.717, 1.165) is 70.1 Å². The lowest BCUT2D eigenvalue weighted by atomic mass is 10.1. The molecule has 1 aromatic rings. The maximum absolute atomic E-state index is 9.56. The fraction of sp³-hybridized carbons (Fsp3) is 0.650. The first-order valence-corrected chi connectivity index (χ1v) is 9.91. The predicted octanol–water partition coefficient (Wildman–Crippen LogP) is 1.39. The van der Waals surface area contributed by atoms with Crippen LogP contribution in [-0.2, 0) is 6.42 Å². The van der Waals surface area contributed by atoms with Crippen LogP contribution in [0.4, 0.5) is 0 Å². The molecule has 0 spiro atoms. The Hall–Kier alpha value is -1.79. The topological polar surface area (TPSA) is 69.1 Å². The van der Waals surface area contributed by atoms with Gasteiger partial charge in [-0.05, 0) is 44.4 Å². The summed E-state index contributed by atoms with van der Waals surface area (Å²) in [6.45, 7) is 7.58. The number of hydrogen-bond acceptors (Lipinski definition) is 4. The molecule has 1 unspecified atom stereocenters. The molecular formula is C20H32N4O2. The van der Waals surface area contributed by atoms with Gasteiger partial charge in [0.15, 0.2) is 5.96 Å². The molecular weight excluding hydrogens is 328 g/mol. The van der Waals surface area contributed by atoms with Gasteiger partial charge in [-0.25, -0.2) is 4.99 Å². The molecule has 26 heavy (non-hydrogen) atoms. The molecule has 6 heteroatoms. The summed E-state index contributed by atoms with van der Waals surface area (Å²) in [5.41, 5.74) is 1.28. The largest absolute Gasteiger partial charge is 0.488 e. The van der Waals surface area contributed by atoms with Gasteiger partial charge in [-0.3, -0.25) is 0 Å². The number of guanidine groups is 1. The minimum Gasteiger partial charge on any atom is -0.488 e. The number of fused-ring (bicyclic) bond motifs is 1. The van der Waals surface area contributed by atoms with E-state index in [0.29, 0.717) is 6.54 Å². The quantitative estimate of drug-likeness (QED) is 0.389. The molecule has 2 heterocycles. The van der Waals surface area contributed by atoms with Gasteiger partial charge in [0.25, 0.3) is 0 Å². The van der Waals surface area contributed by atoms with E-state index in [1.165, 1.54) is 5.56 Å². The van der Waals surface area contributed by atoms with Crippen LogP contribution >= 0.6 is 0 Å². The van der Waals surface area contributed by atoms with E-state index in [1.807, 2.05) is 12.1 Å². The SMILES string of the molecule is CCNC(=NCC1Cc2ccccc2O1)NCCCN1CCC(O)CC1. The smallest absolute Gasteiger partial charge is 0.191 e. The van der Waals surface area contributed by atoms with Gasteiger partial charge in [-0.2, -0.15) is 0 Å². The minimum atomic E-state index is -0.0965. The molecule has 1 aromatic carbocycles. The molecule has 2 aliphatic heterocycles. The second kappa shape index (κ2) is 9.78. The van der Waals surface area contributed by atoms with Gasteiger partial charge in [0, 0.05) is 32.6 Å². The Bertz CT molecular complexity index is 560. The Kier molecular flexibility index (Phi) is 7.14. The lowest BCUT2D eigenvalue weighted by Crippen LogP contribution is -2.41. The standard InChI is InChI=1S/C20H32N4O2/c1-2-21-20(22-10-5-11-24-12-8-17(25)9-13-24)23-15-18-14-16-6-3-4-7-19(16)26-18/h3-4,6-7,17-18,25H,2,5,8-15H2,1H3,(H2,21,22,23). The second-order valence-corrected chi connectivity index (χ2v) is 7.12. The number of piperidine rings is 1. The number of hydrogen-bond donors (Lipinski definition) is 3. The first-order valence-electron chi connectivity index (χ1n) is 9.91. The number of aliphatic hydroxyl groups excluding tert-OH is 1. The summed E-state index contributed by atoms with van der Waals surface area (Å²) in [7, 11) is 0. The highest BCUT2D eigenvalue weighted by molar-refractivity contribution is 5.79. The third-order valence-corrected chi connectivity index (χ3v) is 5.01. The first-order chi connectivity index (χ1) is 12.7. The van der Waals surface area contributed by atoms with Crippen LogP contribution in [0.25, 0.3) is 0 Å². The zero-order valence-corrected chi connectivity index (χ0v) is 15.8. The summed E-state index contributed by atoms with van der Waals surface area (Å²) in [5.74, 6) is 1.86. The zero-order chi connectivity index (χ0) is 18.2. The monoisotopic (exact) mass is 360 g/mol. The van der Waals surface area contributed by atoms with E-state index in [2.05, 4.69) is 34.6 Å². The van der Waals surface area contributed by atoms with Crippen LogP contribution in [0, 0.1) is 0 Å². The van der Waals surface area contributed by atoms with Gasteiger partial charge in [0.2, 0.25) is 0 Å². The lowest BCUT2D eigenvalue weighted by Gasteiger charge is -2.29. The number of nitrogens with one attached hydrogen (secondary N) is 2. The molecule has 1 fully saturated rings. The van der Waals surface area contributed by atoms with Crippen molar-refractivity contribution in [3.8, 4) is 5.75 Å². The highest BCUT2D eigenvalue weighted by Crippen LogP contribution is 2.28. The van der Waals surface area contributed by atoms with Crippen molar-refractivity contribution in [2.24, 2.45) is 4.99 Å². The van der Waals surface area contributed by atoms with Crippen molar-refractivity contribution in [3.63, 3.8) is 0 Å².